The van der Waals surface area contributed by atoms with E-state index in [1.807, 2.05) is 34.9 Å². The molecule has 0 fully saturated rings. The summed E-state index contributed by atoms with van der Waals surface area (Å²) >= 11 is 13.5. The van der Waals surface area contributed by atoms with Crippen LogP contribution in [0.1, 0.15) is 32.3 Å². The van der Waals surface area contributed by atoms with Gasteiger partial charge in [-0.1, -0.05) is 67.0 Å². The number of carbonyl (C=O) groups excluding carboxylic acids is 1. The maximum absolute atomic E-state index is 13.0. The van der Waals surface area contributed by atoms with E-state index in [4.69, 9.17) is 23.2 Å². The Morgan fingerprint density at radius 2 is 1.73 bits per heavy atom. The van der Waals surface area contributed by atoms with Gasteiger partial charge in [0, 0.05) is 22.7 Å². The number of rotatable bonds is 8. The van der Waals surface area contributed by atoms with E-state index in [0.29, 0.717) is 16.0 Å². The van der Waals surface area contributed by atoms with Crippen LogP contribution < -0.4 is 5.32 Å². The summed E-state index contributed by atoms with van der Waals surface area (Å²) in [5, 5.41) is 23.3. The third-order valence-corrected chi connectivity index (χ3v) is 7.22. The number of hydrogen-bond donors (Lipinski definition) is 1. The maximum atomic E-state index is 13.0. The molecule has 37 heavy (non-hydrogen) atoms. The zero-order valence-corrected chi connectivity index (χ0v) is 22.5. The zero-order chi connectivity index (χ0) is 26.7. The number of nitrogens with zero attached hydrogens (tertiary/aromatic N) is 4. The van der Waals surface area contributed by atoms with Crippen molar-refractivity contribution in [2.45, 2.75) is 37.1 Å². The van der Waals surface area contributed by atoms with Crippen molar-refractivity contribution in [2.75, 3.05) is 5.32 Å². The summed E-state index contributed by atoms with van der Waals surface area (Å²) in [5.74, 6) is 0.526. The fraction of sp³-hybridized carbons (Fsp3) is 0.192. The second kappa shape index (κ2) is 11.3. The van der Waals surface area contributed by atoms with Crippen LogP contribution in [0.3, 0.4) is 0 Å². The van der Waals surface area contributed by atoms with Crippen LogP contribution in [-0.4, -0.2) is 30.8 Å². The summed E-state index contributed by atoms with van der Waals surface area (Å²) in [6.45, 7) is 5.97. The number of nitro groups is 1. The molecule has 0 aliphatic heterocycles. The Hall–Kier alpha value is -3.40. The van der Waals surface area contributed by atoms with Crippen LogP contribution in [0.4, 0.5) is 11.4 Å². The molecule has 0 saturated heterocycles. The summed E-state index contributed by atoms with van der Waals surface area (Å²) in [6, 6.07) is 19.2. The predicted octanol–water partition coefficient (Wildman–Crippen LogP) is 7.39. The van der Waals surface area contributed by atoms with Crippen LogP contribution >= 0.6 is 35.0 Å². The van der Waals surface area contributed by atoms with Gasteiger partial charge in [-0.3, -0.25) is 19.5 Å². The third-order valence-electron chi connectivity index (χ3n) is 5.61. The standard InChI is InChI=1S/C26H23Cl2N5O3S/c1-15(2)20-6-4-5-7-23(20)32-24(17-8-10-18(27)11-9-17)30-31-26(32)37-16(3)25(34)29-22-13-12-19(33(35)36)14-21(22)28/h4-16H,1-3H3,(H,29,34). The normalized spacial score (nSPS) is 11.9. The number of anilines is 1. The first-order valence-electron chi connectivity index (χ1n) is 11.4. The number of halogens is 2. The summed E-state index contributed by atoms with van der Waals surface area (Å²) < 4.78 is 1.95. The highest BCUT2D eigenvalue weighted by atomic mass is 35.5. The first-order chi connectivity index (χ1) is 17.7. The Kier molecular flexibility index (Phi) is 8.16. The van der Waals surface area contributed by atoms with Crippen molar-refractivity contribution < 1.29 is 9.72 Å². The number of aromatic nitrogens is 3. The van der Waals surface area contributed by atoms with E-state index in [1.165, 1.54) is 30.0 Å². The summed E-state index contributed by atoms with van der Waals surface area (Å²) in [7, 11) is 0. The summed E-state index contributed by atoms with van der Waals surface area (Å²) in [6.07, 6.45) is 0. The molecule has 0 radical (unpaired) electrons. The van der Waals surface area contributed by atoms with Gasteiger partial charge in [0.1, 0.15) is 0 Å². The van der Waals surface area contributed by atoms with Gasteiger partial charge in [0.05, 0.1) is 26.6 Å². The number of nitro benzene ring substituents is 1. The van der Waals surface area contributed by atoms with Crippen LogP contribution in [0.5, 0.6) is 0 Å². The number of benzene rings is 3. The lowest BCUT2D eigenvalue weighted by Crippen LogP contribution is -2.23. The van der Waals surface area contributed by atoms with Gasteiger partial charge in [0.15, 0.2) is 11.0 Å². The Morgan fingerprint density at radius 1 is 1.03 bits per heavy atom. The lowest BCUT2D eigenvalue weighted by molar-refractivity contribution is -0.384. The zero-order valence-electron chi connectivity index (χ0n) is 20.2. The fourth-order valence-electron chi connectivity index (χ4n) is 3.69. The fourth-order valence-corrected chi connectivity index (χ4v) is 4.90. The molecule has 1 N–H and O–H groups in total. The van der Waals surface area contributed by atoms with Crippen molar-refractivity contribution in [3.05, 3.63) is 92.5 Å². The minimum Gasteiger partial charge on any atom is -0.324 e. The van der Waals surface area contributed by atoms with E-state index < -0.39 is 10.2 Å². The first kappa shape index (κ1) is 26.7. The van der Waals surface area contributed by atoms with E-state index in [-0.39, 0.29) is 28.2 Å². The van der Waals surface area contributed by atoms with Gasteiger partial charge < -0.3 is 5.32 Å². The topological polar surface area (TPSA) is 103 Å². The van der Waals surface area contributed by atoms with Gasteiger partial charge in [-0.15, -0.1) is 10.2 Å². The van der Waals surface area contributed by atoms with Crippen molar-refractivity contribution in [3.8, 4) is 17.1 Å². The molecule has 190 valence electrons. The molecular formula is C26H23Cl2N5O3S. The Morgan fingerprint density at radius 3 is 2.38 bits per heavy atom. The molecule has 8 nitrogen and oxygen atoms in total. The van der Waals surface area contributed by atoms with E-state index in [9.17, 15) is 14.9 Å². The molecule has 0 saturated carbocycles. The molecule has 0 aliphatic carbocycles. The Bertz CT molecular complexity index is 1460. The molecule has 11 heteroatoms. The number of para-hydroxylation sites is 1. The van der Waals surface area contributed by atoms with Gasteiger partial charge in [-0.05, 0) is 54.8 Å². The smallest absolute Gasteiger partial charge is 0.271 e. The molecule has 1 amide bonds. The lowest BCUT2D eigenvalue weighted by Gasteiger charge is -2.18. The number of amides is 1. The van der Waals surface area contributed by atoms with Crippen molar-refractivity contribution in [2.24, 2.45) is 0 Å². The highest BCUT2D eigenvalue weighted by Gasteiger charge is 2.24. The first-order valence-corrected chi connectivity index (χ1v) is 13.0. The van der Waals surface area contributed by atoms with Crippen LogP contribution in [-0.2, 0) is 4.79 Å². The highest BCUT2D eigenvalue weighted by molar-refractivity contribution is 8.00. The minimum absolute atomic E-state index is 0.0822. The molecule has 0 bridgehead atoms. The van der Waals surface area contributed by atoms with Crippen LogP contribution in [0.15, 0.2) is 71.9 Å². The SMILES string of the molecule is CC(Sc1nnc(-c2ccc(Cl)cc2)n1-c1ccccc1C(C)C)C(=O)Nc1ccc([N+](=O)[O-])cc1Cl. The van der Waals surface area contributed by atoms with Crippen LogP contribution in [0, 0.1) is 10.1 Å². The molecule has 1 unspecified atom stereocenters. The predicted molar refractivity (Wildman–Crippen MR) is 148 cm³/mol. The van der Waals surface area contributed by atoms with Crippen molar-refractivity contribution in [1.82, 2.24) is 14.8 Å². The van der Waals surface area contributed by atoms with E-state index in [1.54, 1.807) is 19.1 Å². The molecule has 0 aliphatic rings. The highest BCUT2D eigenvalue weighted by Crippen LogP contribution is 2.34. The van der Waals surface area contributed by atoms with Crippen LogP contribution in [0.2, 0.25) is 10.0 Å². The second-order valence-corrected chi connectivity index (χ2v) is 10.7. The minimum atomic E-state index is -0.585. The van der Waals surface area contributed by atoms with E-state index in [0.717, 1.165) is 16.8 Å². The Balaban J connectivity index is 1.68. The number of carbonyl (C=O) groups is 1. The van der Waals surface area contributed by atoms with Gasteiger partial charge in [-0.2, -0.15) is 0 Å². The van der Waals surface area contributed by atoms with Gasteiger partial charge >= 0.3 is 0 Å². The number of hydrogen-bond acceptors (Lipinski definition) is 6. The summed E-state index contributed by atoms with van der Waals surface area (Å²) in [5.41, 5.74) is 2.99. The molecule has 3 aromatic carbocycles. The molecule has 1 atom stereocenters. The van der Waals surface area contributed by atoms with Gasteiger partial charge in [-0.25, -0.2) is 0 Å². The maximum Gasteiger partial charge on any atom is 0.271 e. The van der Waals surface area contributed by atoms with E-state index in [2.05, 4.69) is 35.4 Å². The van der Waals surface area contributed by atoms with Gasteiger partial charge in [0.25, 0.3) is 5.69 Å². The van der Waals surface area contributed by atoms with Crippen LogP contribution in [0.25, 0.3) is 17.1 Å². The summed E-state index contributed by atoms with van der Waals surface area (Å²) in [4.78, 5) is 23.5. The average Bonchev–Trinajstić information content (AvgIpc) is 3.28. The number of non-ortho nitro benzene ring substituents is 1. The van der Waals surface area contributed by atoms with Crippen molar-refractivity contribution in [1.29, 1.82) is 0 Å². The number of thioether (sulfide) groups is 1. The molecule has 0 spiro atoms. The third kappa shape index (κ3) is 5.95. The largest absolute Gasteiger partial charge is 0.324 e. The quantitative estimate of drug-likeness (QED) is 0.138. The molecular weight excluding hydrogens is 533 g/mol. The molecule has 1 aromatic heterocycles. The molecule has 4 aromatic rings. The van der Waals surface area contributed by atoms with Crippen molar-refractivity contribution >= 4 is 52.2 Å². The monoisotopic (exact) mass is 555 g/mol. The lowest BCUT2D eigenvalue weighted by atomic mass is 10.0. The van der Waals surface area contributed by atoms with E-state index >= 15 is 0 Å². The van der Waals surface area contributed by atoms with Gasteiger partial charge in [0.2, 0.25) is 5.91 Å². The molecule has 1 heterocycles. The molecule has 4 rings (SSSR count). The average molecular weight is 556 g/mol. The Labute approximate surface area is 228 Å². The second-order valence-electron chi connectivity index (χ2n) is 8.53. The number of nitrogens with one attached hydrogen (secondary N) is 1. The van der Waals surface area contributed by atoms with Crippen molar-refractivity contribution in [3.63, 3.8) is 0 Å².